The van der Waals surface area contributed by atoms with Crippen LogP contribution in [0.5, 0.6) is 0 Å². The molecule has 0 saturated heterocycles. The Balaban J connectivity index is 1.86. The first-order valence-electron chi connectivity index (χ1n) is 5.71. The van der Waals surface area contributed by atoms with E-state index in [1.807, 2.05) is 17.1 Å². The van der Waals surface area contributed by atoms with Crippen molar-refractivity contribution in [3.8, 4) is 0 Å². The average Bonchev–Trinajstić information content (AvgIpc) is 2.87. The molecule has 16 heavy (non-hydrogen) atoms. The highest BCUT2D eigenvalue weighted by molar-refractivity contribution is 5.96. The van der Waals surface area contributed by atoms with Crippen LogP contribution in [-0.2, 0) is 6.54 Å². The van der Waals surface area contributed by atoms with Crippen molar-refractivity contribution >= 4 is 11.5 Å². The maximum absolute atomic E-state index is 4.37. The van der Waals surface area contributed by atoms with Crippen LogP contribution in [0.2, 0.25) is 0 Å². The molecule has 1 aromatic heterocycles. The topological polar surface area (TPSA) is 45.5 Å². The van der Waals surface area contributed by atoms with Crippen molar-refractivity contribution in [1.29, 1.82) is 0 Å². The Morgan fingerprint density at radius 2 is 2.38 bits per heavy atom. The lowest BCUT2D eigenvalue weighted by Gasteiger charge is -2.08. The SMILES string of the molecule is CN(C)CCn1cc(NC2=NCCC2)cn1. The fourth-order valence-electron chi connectivity index (χ4n) is 1.66. The van der Waals surface area contributed by atoms with Crippen molar-refractivity contribution in [2.24, 2.45) is 4.99 Å². The molecule has 1 aromatic rings. The Labute approximate surface area is 96.2 Å². The van der Waals surface area contributed by atoms with Crippen LogP contribution in [0.1, 0.15) is 12.8 Å². The molecule has 0 atom stereocenters. The molecule has 1 N–H and O–H groups in total. The molecule has 2 rings (SSSR count). The maximum Gasteiger partial charge on any atom is 0.101 e. The Morgan fingerprint density at radius 3 is 3.06 bits per heavy atom. The van der Waals surface area contributed by atoms with Crippen molar-refractivity contribution in [2.75, 3.05) is 32.5 Å². The van der Waals surface area contributed by atoms with Gasteiger partial charge in [0, 0.05) is 25.7 Å². The second-order valence-corrected chi connectivity index (χ2v) is 4.35. The highest BCUT2D eigenvalue weighted by atomic mass is 15.3. The quantitative estimate of drug-likeness (QED) is 0.826. The first-order valence-corrected chi connectivity index (χ1v) is 5.71. The molecule has 5 nitrogen and oxygen atoms in total. The van der Waals surface area contributed by atoms with Gasteiger partial charge in [0.2, 0.25) is 0 Å². The molecule has 0 saturated carbocycles. The van der Waals surface area contributed by atoms with Gasteiger partial charge in [-0.05, 0) is 20.5 Å². The highest BCUT2D eigenvalue weighted by Gasteiger charge is 2.07. The minimum Gasteiger partial charge on any atom is -0.342 e. The summed E-state index contributed by atoms with van der Waals surface area (Å²) in [5.74, 6) is 1.09. The summed E-state index contributed by atoms with van der Waals surface area (Å²) in [6.07, 6.45) is 6.11. The van der Waals surface area contributed by atoms with Crippen LogP contribution in [0.4, 0.5) is 5.69 Å². The zero-order valence-corrected chi connectivity index (χ0v) is 9.98. The lowest BCUT2D eigenvalue weighted by Crippen LogP contribution is -2.18. The van der Waals surface area contributed by atoms with Gasteiger partial charge < -0.3 is 10.2 Å². The minimum atomic E-state index is 0.918. The first-order chi connectivity index (χ1) is 7.74. The third kappa shape index (κ3) is 3.06. The number of nitrogens with one attached hydrogen (secondary N) is 1. The fraction of sp³-hybridized carbons (Fsp3) is 0.636. The van der Waals surface area contributed by atoms with Crippen molar-refractivity contribution < 1.29 is 0 Å². The Bertz CT molecular complexity index is 366. The van der Waals surface area contributed by atoms with Crippen LogP contribution in [0.25, 0.3) is 0 Å². The largest absolute Gasteiger partial charge is 0.342 e. The molecule has 0 spiro atoms. The number of rotatable bonds is 4. The van der Waals surface area contributed by atoms with E-state index in [0.29, 0.717) is 0 Å². The van der Waals surface area contributed by atoms with E-state index < -0.39 is 0 Å². The fourth-order valence-corrected chi connectivity index (χ4v) is 1.66. The molecule has 0 aliphatic carbocycles. The molecule has 1 aliphatic heterocycles. The number of aromatic nitrogens is 2. The molecule has 5 heteroatoms. The molecule has 0 radical (unpaired) electrons. The van der Waals surface area contributed by atoms with Crippen molar-refractivity contribution in [3.63, 3.8) is 0 Å². The third-order valence-electron chi connectivity index (χ3n) is 2.57. The van der Waals surface area contributed by atoms with E-state index in [-0.39, 0.29) is 0 Å². The average molecular weight is 221 g/mol. The molecule has 2 heterocycles. The maximum atomic E-state index is 4.37. The summed E-state index contributed by atoms with van der Waals surface area (Å²) in [4.78, 5) is 6.52. The molecule has 88 valence electrons. The van der Waals surface area contributed by atoms with E-state index in [1.165, 1.54) is 0 Å². The summed E-state index contributed by atoms with van der Waals surface area (Å²) in [6, 6.07) is 0. The Kier molecular flexibility index (Phi) is 3.56. The monoisotopic (exact) mass is 221 g/mol. The molecular formula is C11H19N5. The molecule has 0 aromatic carbocycles. The van der Waals surface area contributed by atoms with E-state index in [0.717, 1.165) is 44.0 Å². The van der Waals surface area contributed by atoms with Crippen LogP contribution in [-0.4, -0.2) is 47.7 Å². The van der Waals surface area contributed by atoms with E-state index in [9.17, 15) is 0 Å². The second kappa shape index (κ2) is 5.12. The predicted octanol–water partition coefficient (Wildman–Crippen LogP) is 1.05. The van der Waals surface area contributed by atoms with Crippen LogP contribution in [0, 0.1) is 0 Å². The van der Waals surface area contributed by atoms with Crippen LogP contribution < -0.4 is 5.32 Å². The predicted molar refractivity (Wildman–Crippen MR) is 65.9 cm³/mol. The van der Waals surface area contributed by atoms with Crippen molar-refractivity contribution in [1.82, 2.24) is 14.7 Å². The zero-order valence-electron chi connectivity index (χ0n) is 9.98. The molecule has 0 bridgehead atoms. The summed E-state index contributed by atoms with van der Waals surface area (Å²) in [5, 5.41) is 7.60. The summed E-state index contributed by atoms with van der Waals surface area (Å²) < 4.78 is 1.96. The van der Waals surface area contributed by atoms with E-state index in [1.54, 1.807) is 0 Å². The van der Waals surface area contributed by atoms with Crippen LogP contribution in [0.15, 0.2) is 17.4 Å². The van der Waals surface area contributed by atoms with Gasteiger partial charge in [0.25, 0.3) is 0 Å². The van der Waals surface area contributed by atoms with Gasteiger partial charge in [-0.25, -0.2) is 0 Å². The van der Waals surface area contributed by atoms with Gasteiger partial charge in [-0.15, -0.1) is 0 Å². The number of anilines is 1. The van der Waals surface area contributed by atoms with Gasteiger partial charge in [0.15, 0.2) is 0 Å². The normalized spacial score (nSPS) is 15.6. The standard InChI is InChI=1S/C11H19N5/c1-15(2)6-7-16-9-10(8-13-16)14-11-4-3-5-12-11/h8-9H,3-7H2,1-2H3,(H,12,14). The second-order valence-electron chi connectivity index (χ2n) is 4.35. The lowest BCUT2D eigenvalue weighted by molar-refractivity contribution is 0.373. The molecule has 0 fully saturated rings. The van der Waals surface area contributed by atoms with Gasteiger partial charge in [-0.2, -0.15) is 5.10 Å². The summed E-state index contributed by atoms with van der Waals surface area (Å²) in [5.41, 5.74) is 1.04. The number of hydrogen-bond donors (Lipinski definition) is 1. The van der Waals surface area contributed by atoms with Crippen LogP contribution >= 0.6 is 0 Å². The van der Waals surface area contributed by atoms with E-state index in [2.05, 4.69) is 34.4 Å². The van der Waals surface area contributed by atoms with Gasteiger partial charge in [-0.1, -0.05) is 0 Å². The Hall–Kier alpha value is -1.36. The van der Waals surface area contributed by atoms with E-state index in [4.69, 9.17) is 0 Å². The molecule has 0 unspecified atom stereocenters. The summed E-state index contributed by atoms with van der Waals surface area (Å²) >= 11 is 0. The van der Waals surface area contributed by atoms with Crippen LogP contribution in [0.3, 0.4) is 0 Å². The Morgan fingerprint density at radius 1 is 1.50 bits per heavy atom. The van der Waals surface area contributed by atoms with E-state index >= 15 is 0 Å². The highest BCUT2D eigenvalue weighted by Crippen LogP contribution is 2.10. The zero-order chi connectivity index (χ0) is 11.4. The number of likely N-dealkylation sites (N-methyl/N-ethyl adjacent to an activating group) is 1. The lowest BCUT2D eigenvalue weighted by atomic mass is 10.3. The molecular weight excluding hydrogens is 202 g/mol. The third-order valence-corrected chi connectivity index (χ3v) is 2.57. The number of aliphatic imine (C=N–C) groups is 1. The summed E-state index contributed by atoms with van der Waals surface area (Å²) in [6.45, 7) is 2.88. The van der Waals surface area contributed by atoms with Gasteiger partial charge in [0.05, 0.1) is 18.4 Å². The van der Waals surface area contributed by atoms with Crippen molar-refractivity contribution in [2.45, 2.75) is 19.4 Å². The minimum absolute atomic E-state index is 0.918. The smallest absolute Gasteiger partial charge is 0.101 e. The van der Waals surface area contributed by atoms with Gasteiger partial charge >= 0.3 is 0 Å². The number of amidine groups is 1. The van der Waals surface area contributed by atoms with Crippen molar-refractivity contribution in [3.05, 3.63) is 12.4 Å². The first kappa shape index (κ1) is 11.1. The van der Waals surface area contributed by atoms with Gasteiger partial charge in [-0.3, -0.25) is 9.67 Å². The summed E-state index contributed by atoms with van der Waals surface area (Å²) in [7, 11) is 4.13. The number of hydrogen-bond acceptors (Lipinski definition) is 4. The molecule has 1 aliphatic rings. The number of nitrogens with zero attached hydrogens (tertiary/aromatic N) is 4. The van der Waals surface area contributed by atoms with Gasteiger partial charge in [0.1, 0.15) is 5.84 Å². The molecule has 0 amide bonds.